The first kappa shape index (κ1) is 23.5. The van der Waals surface area contributed by atoms with Crippen molar-refractivity contribution in [2.45, 2.75) is 104 Å². The number of ether oxygens (including phenoxy) is 1. The first-order chi connectivity index (χ1) is 13.3. The van der Waals surface area contributed by atoms with Crippen LogP contribution < -0.4 is 4.74 Å². The molecule has 0 heterocycles. The van der Waals surface area contributed by atoms with Crippen LogP contribution in [0.3, 0.4) is 0 Å². The first-order valence-corrected chi connectivity index (χ1v) is 11.3. The maximum absolute atomic E-state index is 9.39. The maximum Gasteiger partial charge on any atom is 0.119 e. The summed E-state index contributed by atoms with van der Waals surface area (Å²) in [6.07, 6.45) is 17.6. The van der Waals surface area contributed by atoms with Crippen LogP contribution in [0.5, 0.6) is 5.75 Å². The number of oxime groups is 1. The molecule has 1 aromatic carbocycles. The minimum absolute atomic E-state index is 0.740. The number of benzene rings is 1. The Morgan fingerprint density at radius 1 is 0.815 bits per heavy atom. The Morgan fingerprint density at radius 2 is 1.41 bits per heavy atom. The summed E-state index contributed by atoms with van der Waals surface area (Å²) in [6, 6.07) is 7.93. The number of rotatable bonds is 17. The fourth-order valence-corrected chi connectivity index (χ4v) is 3.31. The summed E-state index contributed by atoms with van der Waals surface area (Å²) in [5.74, 6) is 0.862. The smallest absolute Gasteiger partial charge is 0.119 e. The number of unbranched alkanes of at least 4 members (excludes halogenated alkanes) is 11. The molecule has 0 fully saturated rings. The van der Waals surface area contributed by atoms with E-state index in [1.165, 1.54) is 64.2 Å². The summed E-state index contributed by atoms with van der Waals surface area (Å²) in [6.45, 7) is 5.17. The highest BCUT2D eigenvalue weighted by atomic mass is 16.5. The van der Waals surface area contributed by atoms with Crippen LogP contribution in [0.1, 0.15) is 109 Å². The van der Waals surface area contributed by atoms with Gasteiger partial charge in [-0.2, -0.15) is 0 Å². The SMILES string of the molecule is CCCCCCCCCCCCCC(=NO)c1cccc(OCCCC)c1. The lowest BCUT2D eigenvalue weighted by Crippen LogP contribution is -2.03. The molecule has 0 aliphatic heterocycles. The van der Waals surface area contributed by atoms with E-state index in [4.69, 9.17) is 4.74 Å². The van der Waals surface area contributed by atoms with E-state index in [0.29, 0.717) is 0 Å². The highest BCUT2D eigenvalue weighted by Gasteiger charge is 2.06. The van der Waals surface area contributed by atoms with Crippen molar-refractivity contribution in [2.24, 2.45) is 5.16 Å². The van der Waals surface area contributed by atoms with Crippen molar-refractivity contribution in [1.29, 1.82) is 0 Å². The summed E-state index contributed by atoms with van der Waals surface area (Å²) in [5.41, 5.74) is 1.74. The molecule has 0 saturated carbocycles. The van der Waals surface area contributed by atoms with Gasteiger partial charge in [-0.3, -0.25) is 0 Å². The molecule has 0 spiro atoms. The van der Waals surface area contributed by atoms with Gasteiger partial charge in [0.25, 0.3) is 0 Å². The molecule has 1 aromatic rings. The van der Waals surface area contributed by atoms with Crippen molar-refractivity contribution in [3.8, 4) is 5.75 Å². The number of hydrogen-bond acceptors (Lipinski definition) is 3. The van der Waals surface area contributed by atoms with E-state index in [2.05, 4.69) is 19.0 Å². The zero-order valence-electron chi connectivity index (χ0n) is 17.7. The van der Waals surface area contributed by atoms with E-state index in [0.717, 1.165) is 49.3 Å². The standard InChI is InChI=1S/C24H41NO2/c1-3-5-7-8-9-10-11-12-13-14-15-19-24(25-26)22-17-16-18-23(21-22)27-20-6-4-2/h16-18,21,26H,3-15,19-20H2,1-2H3. The second-order valence-electron chi connectivity index (χ2n) is 7.56. The fraction of sp³-hybridized carbons (Fsp3) is 0.708. The summed E-state index contributed by atoms with van der Waals surface area (Å²) < 4.78 is 5.76. The summed E-state index contributed by atoms with van der Waals surface area (Å²) >= 11 is 0. The van der Waals surface area contributed by atoms with Gasteiger partial charge in [-0.25, -0.2) is 0 Å². The van der Waals surface area contributed by atoms with E-state index in [9.17, 15) is 5.21 Å². The summed E-state index contributed by atoms with van der Waals surface area (Å²) in [5, 5.41) is 12.9. The van der Waals surface area contributed by atoms with Crippen molar-refractivity contribution in [3.63, 3.8) is 0 Å². The minimum atomic E-state index is 0.740. The van der Waals surface area contributed by atoms with Crippen molar-refractivity contribution in [1.82, 2.24) is 0 Å². The molecular weight excluding hydrogens is 334 g/mol. The Morgan fingerprint density at radius 3 is 2.00 bits per heavy atom. The van der Waals surface area contributed by atoms with Crippen LogP contribution in [0.4, 0.5) is 0 Å². The van der Waals surface area contributed by atoms with Crippen LogP contribution >= 0.6 is 0 Å². The molecule has 154 valence electrons. The van der Waals surface area contributed by atoms with Crippen molar-refractivity contribution in [2.75, 3.05) is 6.61 Å². The van der Waals surface area contributed by atoms with Crippen molar-refractivity contribution >= 4 is 5.71 Å². The molecule has 3 heteroatoms. The third-order valence-electron chi connectivity index (χ3n) is 5.07. The minimum Gasteiger partial charge on any atom is -0.494 e. The average Bonchev–Trinajstić information content (AvgIpc) is 2.69. The molecule has 0 atom stereocenters. The molecule has 0 unspecified atom stereocenters. The van der Waals surface area contributed by atoms with Gasteiger partial charge < -0.3 is 9.94 Å². The Balaban J connectivity index is 2.17. The Hall–Kier alpha value is -1.51. The van der Waals surface area contributed by atoms with Crippen molar-refractivity contribution < 1.29 is 9.94 Å². The Bertz CT molecular complexity index is 499. The van der Waals surface area contributed by atoms with Gasteiger partial charge in [-0.1, -0.05) is 102 Å². The molecule has 0 aliphatic carbocycles. The molecule has 1 rings (SSSR count). The summed E-state index contributed by atoms with van der Waals surface area (Å²) in [4.78, 5) is 0. The third kappa shape index (κ3) is 11.7. The van der Waals surface area contributed by atoms with Gasteiger partial charge >= 0.3 is 0 Å². The highest BCUT2D eigenvalue weighted by Crippen LogP contribution is 2.18. The molecule has 0 aliphatic rings. The van der Waals surface area contributed by atoms with E-state index in [1.807, 2.05) is 24.3 Å². The lowest BCUT2D eigenvalue weighted by molar-refractivity contribution is 0.309. The topological polar surface area (TPSA) is 41.8 Å². The van der Waals surface area contributed by atoms with Crippen LogP contribution in [0, 0.1) is 0 Å². The van der Waals surface area contributed by atoms with E-state index in [-0.39, 0.29) is 0 Å². The zero-order chi connectivity index (χ0) is 19.6. The van der Waals surface area contributed by atoms with Crippen LogP contribution in [0.15, 0.2) is 29.4 Å². The average molecular weight is 376 g/mol. The van der Waals surface area contributed by atoms with E-state index >= 15 is 0 Å². The molecule has 0 bridgehead atoms. The molecule has 0 saturated heterocycles. The Labute approximate surface area is 167 Å². The predicted octanol–water partition coefficient (Wildman–Crippen LogP) is 7.74. The van der Waals surface area contributed by atoms with Crippen LogP contribution in [0.25, 0.3) is 0 Å². The van der Waals surface area contributed by atoms with Crippen molar-refractivity contribution in [3.05, 3.63) is 29.8 Å². The molecule has 3 nitrogen and oxygen atoms in total. The lowest BCUT2D eigenvalue weighted by atomic mass is 10.0. The zero-order valence-corrected chi connectivity index (χ0v) is 17.7. The second-order valence-corrected chi connectivity index (χ2v) is 7.56. The largest absolute Gasteiger partial charge is 0.494 e. The molecule has 27 heavy (non-hydrogen) atoms. The first-order valence-electron chi connectivity index (χ1n) is 11.3. The van der Waals surface area contributed by atoms with Gasteiger partial charge in [0.15, 0.2) is 0 Å². The van der Waals surface area contributed by atoms with Gasteiger partial charge in [-0.15, -0.1) is 0 Å². The fourth-order valence-electron chi connectivity index (χ4n) is 3.31. The summed E-state index contributed by atoms with van der Waals surface area (Å²) in [7, 11) is 0. The third-order valence-corrected chi connectivity index (χ3v) is 5.07. The predicted molar refractivity (Wildman–Crippen MR) is 116 cm³/mol. The van der Waals surface area contributed by atoms with Gasteiger partial charge in [-0.05, 0) is 31.4 Å². The second kappa shape index (κ2) is 16.6. The molecular formula is C24H41NO2. The van der Waals surface area contributed by atoms with E-state index < -0.39 is 0 Å². The Kier molecular flexibility index (Phi) is 14.5. The van der Waals surface area contributed by atoms with Gasteiger partial charge in [0.2, 0.25) is 0 Å². The van der Waals surface area contributed by atoms with E-state index in [1.54, 1.807) is 0 Å². The number of nitrogens with zero attached hydrogens (tertiary/aromatic N) is 1. The molecule has 0 amide bonds. The normalized spacial score (nSPS) is 11.7. The molecule has 0 aromatic heterocycles. The quantitative estimate of drug-likeness (QED) is 0.131. The van der Waals surface area contributed by atoms with Gasteiger partial charge in [0.1, 0.15) is 5.75 Å². The molecule has 0 radical (unpaired) electrons. The highest BCUT2D eigenvalue weighted by molar-refractivity contribution is 6.00. The maximum atomic E-state index is 9.39. The van der Waals surface area contributed by atoms with Crippen LogP contribution in [-0.2, 0) is 0 Å². The van der Waals surface area contributed by atoms with Gasteiger partial charge in [0, 0.05) is 5.56 Å². The van der Waals surface area contributed by atoms with Gasteiger partial charge in [0.05, 0.1) is 12.3 Å². The monoisotopic (exact) mass is 375 g/mol. The van der Waals surface area contributed by atoms with Crippen LogP contribution in [0.2, 0.25) is 0 Å². The number of hydrogen-bond donors (Lipinski definition) is 1. The van der Waals surface area contributed by atoms with Crippen LogP contribution in [-0.4, -0.2) is 17.5 Å². The molecule has 1 N–H and O–H groups in total. The lowest BCUT2D eigenvalue weighted by Gasteiger charge is -2.09.